The highest BCUT2D eigenvalue weighted by Gasteiger charge is 2.35. The van der Waals surface area contributed by atoms with E-state index in [9.17, 15) is 8.42 Å². The van der Waals surface area contributed by atoms with Crippen molar-refractivity contribution in [2.75, 3.05) is 18.1 Å². The lowest BCUT2D eigenvalue weighted by Gasteiger charge is -2.26. The van der Waals surface area contributed by atoms with Gasteiger partial charge in [-0.05, 0) is 32.7 Å². The number of sulfone groups is 1. The third kappa shape index (κ3) is 3.17. The minimum absolute atomic E-state index is 0.0761. The molecule has 0 aliphatic carbocycles. The molecule has 1 aliphatic heterocycles. The van der Waals surface area contributed by atoms with Gasteiger partial charge in [0.1, 0.15) is 0 Å². The molecule has 0 amide bonds. The molecule has 1 fully saturated rings. The number of imidazole rings is 1. The van der Waals surface area contributed by atoms with E-state index in [4.69, 9.17) is 0 Å². The highest BCUT2D eigenvalue weighted by molar-refractivity contribution is 7.91. The molecule has 1 saturated heterocycles. The van der Waals surface area contributed by atoms with Crippen LogP contribution in [0.1, 0.15) is 45.0 Å². The van der Waals surface area contributed by atoms with Gasteiger partial charge < -0.3 is 9.88 Å². The van der Waals surface area contributed by atoms with Gasteiger partial charge in [-0.2, -0.15) is 0 Å². The lowest BCUT2D eigenvalue weighted by molar-refractivity contribution is 0.372. The molecule has 108 valence electrons. The first-order valence-electron chi connectivity index (χ1n) is 6.90. The molecule has 2 heterocycles. The molecule has 6 heteroatoms. The fourth-order valence-electron chi connectivity index (χ4n) is 2.81. The van der Waals surface area contributed by atoms with Crippen LogP contribution in [0, 0.1) is 5.92 Å². The van der Waals surface area contributed by atoms with Crippen molar-refractivity contribution < 1.29 is 8.42 Å². The standard InChI is InChI=1S/C13H23N3O2S/c1-4-15-13(11-5-6-19(17,18)8-11)12-7-14-9-16(12)10(2)3/h7,9-11,13,15H,4-6,8H2,1-3H3. The maximum Gasteiger partial charge on any atom is 0.150 e. The fourth-order valence-corrected chi connectivity index (χ4v) is 4.65. The Hall–Kier alpha value is -0.880. The van der Waals surface area contributed by atoms with Crippen molar-refractivity contribution in [1.29, 1.82) is 0 Å². The Labute approximate surface area is 115 Å². The number of rotatable bonds is 5. The van der Waals surface area contributed by atoms with Crippen LogP contribution in [0.4, 0.5) is 0 Å². The van der Waals surface area contributed by atoms with Crippen molar-refractivity contribution in [3.05, 3.63) is 18.2 Å². The Kier molecular flexibility index (Phi) is 4.30. The van der Waals surface area contributed by atoms with Gasteiger partial charge in [-0.15, -0.1) is 0 Å². The van der Waals surface area contributed by atoms with E-state index in [1.165, 1.54) is 0 Å². The molecule has 1 aromatic heterocycles. The minimum atomic E-state index is -2.85. The maximum atomic E-state index is 11.7. The summed E-state index contributed by atoms with van der Waals surface area (Å²) < 4.78 is 25.5. The maximum absolute atomic E-state index is 11.7. The summed E-state index contributed by atoms with van der Waals surface area (Å²) in [5.74, 6) is 0.753. The Morgan fingerprint density at radius 1 is 1.53 bits per heavy atom. The van der Waals surface area contributed by atoms with Crippen molar-refractivity contribution in [3.8, 4) is 0 Å². The first kappa shape index (κ1) is 14.5. The van der Waals surface area contributed by atoms with Crippen LogP contribution >= 0.6 is 0 Å². The van der Waals surface area contributed by atoms with Crippen LogP contribution in [0.3, 0.4) is 0 Å². The summed E-state index contributed by atoms with van der Waals surface area (Å²) in [7, 11) is -2.85. The molecule has 0 spiro atoms. The monoisotopic (exact) mass is 285 g/mol. The van der Waals surface area contributed by atoms with Crippen molar-refractivity contribution in [3.63, 3.8) is 0 Å². The SMILES string of the molecule is CCNC(c1cncn1C(C)C)C1CCS(=O)(=O)C1. The van der Waals surface area contributed by atoms with Gasteiger partial charge >= 0.3 is 0 Å². The van der Waals surface area contributed by atoms with Gasteiger partial charge in [0.15, 0.2) is 9.84 Å². The molecule has 1 aromatic rings. The van der Waals surface area contributed by atoms with E-state index < -0.39 is 9.84 Å². The van der Waals surface area contributed by atoms with Crippen LogP contribution in [-0.4, -0.2) is 36.0 Å². The molecule has 1 aliphatic rings. The highest BCUT2D eigenvalue weighted by Crippen LogP contribution is 2.32. The van der Waals surface area contributed by atoms with E-state index in [0.717, 1.165) is 18.7 Å². The van der Waals surface area contributed by atoms with Crippen molar-refractivity contribution in [2.24, 2.45) is 5.92 Å². The second-order valence-electron chi connectivity index (χ2n) is 5.52. The van der Waals surface area contributed by atoms with Crippen LogP contribution < -0.4 is 5.32 Å². The van der Waals surface area contributed by atoms with E-state index in [0.29, 0.717) is 11.8 Å². The summed E-state index contributed by atoms with van der Waals surface area (Å²) in [4.78, 5) is 4.23. The zero-order chi connectivity index (χ0) is 14.0. The molecule has 0 aromatic carbocycles. The van der Waals surface area contributed by atoms with Gasteiger partial charge in [-0.3, -0.25) is 0 Å². The molecule has 0 bridgehead atoms. The van der Waals surface area contributed by atoms with Crippen LogP contribution in [-0.2, 0) is 9.84 Å². The van der Waals surface area contributed by atoms with Crippen LogP contribution in [0.5, 0.6) is 0 Å². The van der Waals surface area contributed by atoms with Crippen molar-refractivity contribution >= 4 is 9.84 Å². The summed E-state index contributed by atoms with van der Waals surface area (Å²) in [6.07, 6.45) is 4.43. The van der Waals surface area contributed by atoms with E-state index in [1.54, 1.807) is 0 Å². The Bertz CT molecular complexity index is 522. The minimum Gasteiger partial charge on any atom is -0.331 e. The van der Waals surface area contributed by atoms with E-state index in [-0.39, 0.29) is 17.7 Å². The van der Waals surface area contributed by atoms with Gasteiger partial charge in [0.2, 0.25) is 0 Å². The summed E-state index contributed by atoms with van der Waals surface area (Å²) in [6, 6.07) is 0.406. The predicted octanol–water partition coefficient (Wildman–Crippen LogP) is 1.55. The largest absolute Gasteiger partial charge is 0.331 e. The Morgan fingerprint density at radius 3 is 2.79 bits per heavy atom. The Balaban J connectivity index is 2.27. The highest BCUT2D eigenvalue weighted by atomic mass is 32.2. The van der Waals surface area contributed by atoms with E-state index in [1.807, 2.05) is 19.4 Å². The zero-order valence-corrected chi connectivity index (χ0v) is 12.7. The average Bonchev–Trinajstić information content (AvgIpc) is 2.92. The first-order chi connectivity index (χ1) is 8.94. The fraction of sp³-hybridized carbons (Fsp3) is 0.769. The van der Waals surface area contributed by atoms with E-state index >= 15 is 0 Å². The van der Waals surface area contributed by atoms with Gasteiger partial charge in [0.05, 0.1) is 29.6 Å². The smallest absolute Gasteiger partial charge is 0.150 e. The number of aromatic nitrogens is 2. The molecule has 19 heavy (non-hydrogen) atoms. The molecular weight excluding hydrogens is 262 g/mol. The number of hydrogen-bond acceptors (Lipinski definition) is 4. The van der Waals surface area contributed by atoms with Crippen molar-refractivity contribution in [2.45, 2.75) is 39.3 Å². The molecule has 1 N–H and O–H groups in total. The van der Waals surface area contributed by atoms with Crippen LogP contribution in [0.2, 0.25) is 0 Å². The first-order valence-corrected chi connectivity index (χ1v) is 8.72. The molecule has 0 saturated carbocycles. The van der Waals surface area contributed by atoms with E-state index in [2.05, 4.69) is 28.7 Å². The number of hydrogen-bond donors (Lipinski definition) is 1. The zero-order valence-electron chi connectivity index (χ0n) is 11.8. The van der Waals surface area contributed by atoms with Crippen LogP contribution in [0.15, 0.2) is 12.5 Å². The van der Waals surface area contributed by atoms with Gasteiger partial charge in [0, 0.05) is 12.2 Å². The molecule has 5 nitrogen and oxygen atoms in total. The average molecular weight is 285 g/mol. The lowest BCUT2D eigenvalue weighted by atomic mass is 9.96. The third-order valence-electron chi connectivity index (χ3n) is 3.73. The summed E-state index contributed by atoms with van der Waals surface area (Å²) >= 11 is 0. The second kappa shape index (κ2) is 5.63. The molecule has 0 radical (unpaired) electrons. The molecular formula is C13H23N3O2S. The molecule has 2 rings (SSSR count). The summed E-state index contributed by atoms with van der Waals surface area (Å²) in [5.41, 5.74) is 1.10. The van der Waals surface area contributed by atoms with Gasteiger partial charge in [-0.25, -0.2) is 13.4 Å². The Morgan fingerprint density at radius 2 is 2.26 bits per heavy atom. The normalized spacial score (nSPS) is 23.9. The predicted molar refractivity (Wildman–Crippen MR) is 75.8 cm³/mol. The number of nitrogens with zero attached hydrogens (tertiary/aromatic N) is 2. The third-order valence-corrected chi connectivity index (χ3v) is 5.53. The van der Waals surface area contributed by atoms with Gasteiger partial charge in [-0.1, -0.05) is 6.92 Å². The van der Waals surface area contributed by atoms with Gasteiger partial charge in [0.25, 0.3) is 0 Å². The lowest BCUT2D eigenvalue weighted by Crippen LogP contribution is -2.31. The second-order valence-corrected chi connectivity index (χ2v) is 7.75. The summed E-state index contributed by atoms with van der Waals surface area (Å²) in [5, 5.41) is 3.43. The molecule has 2 unspecified atom stereocenters. The van der Waals surface area contributed by atoms with Crippen LogP contribution in [0.25, 0.3) is 0 Å². The summed E-state index contributed by atoms with van der Waals surface area (Å²) in [6.45, 7) is 7.09. The quantitative estimate of drug-likeness (QED) is 0.891. The number of nitrogens with one attached hydrogen (secondary N) is 1. The van der Waals surface area contributed by atoms with Crippen molar-refractivity contribution in [1.82, 2.24) is 14.9 Å². The topological polar surface area (TPSA) is 64.0 Å². The molecule has 2 atom stereocenters.